The molecule has 3 aromatic rings. The van der Waals surface area contributed by atoms with Gasteiger partial charge >= 0.3 is 5.69 Å². The lowest BCUT2D eigenvalue weighted by Crippen LogP contribution is -2.27. The van der Waals surface area contributed by atoms with E-state index in [1.165, 1.54) is 6.07 Å². The second-order valence-electron chi connectivity index (χ2n) is 6.63. The minimum absolute atomic E-state index is 0.0208. The smallest absolute Gasteiger partial charge is 0.311 e. The van der Waals surface area contributed by atoms with Crippen molar-refractivity contribution in [2.75, 3.05) is 0 Å². The molecule has 1 atom stereocenters. The fraction of sp³-hybridized carbons (Fsp3) is 0.227. The quantitative estimate of drug-likeness (QED) is 0.431. The molecule has 0 aliphatic heterocycles. The number of furan rings is 1. The summed E-state index contributed by atoms with van der Waals surface area (Å²) in [5.74, 6) is 0.389. The number of hydrogen-bond acceptors (Lipinski definition) is 5. The van der Waals surface area contributed by atoms with Gasteiger partial charge in [0.05, 0.1) is 11.0 Å². The molecule has 1 aromatic heterocycles. The van der Waals surface area contributed by atoms with Crippen LogP contribution in [0.5, 0.6) is 5.75 Å². The minimum atomic E-state index is -0.488. The number of nitro benzene ring substituents is 1. The fourth-order valence-electron chi connectivity index (χ4n) is 2.95. The van der Waals surface area contributed by atoms with Gasteiger partial charge in [0, 0.05) is 6.07 Å². The van der Waals surface area contributed by atoms with E-state index in [2.05, 4.69) is 5.32 Å². The van der Waals surface area contributed by atoms with Gasteiger partial charge in [-0.15, -0.1) is 0 Å². The van der Waals surface area contributed by atoms with E-state index in [9.17, 15) is 14.9 Å². The molecule has 1 amide bonds. The molecule has 0 saturated carbocycles. The molecule has 29 heavy (non-hydrogen) atoms. The molecule has 1 unspecified atom stereocenters. The Hall–Kier alpha value is -3.61. The summed E-state index contributed by atoms with van der Waals surface area (Å²) in [6, 6.07) is 17.5. The largest absolute Gasteiger partial charge is 0.479 e. The predicted molar refractivity (Wildman–Crippen MR) is 108 cm³/mol. The summed E-state index contributed by atoms with van der Waals surface area (Å²) in [7, 11) is 0. The van der Waals surface area contributed by atoms with Crippen molar-refractivity contribution in [1.82, 2.24) is 5.32 Å². The van der Waals surface area contributed by atoms with Crippen LogP contribution >= 0.6 is 0 Å². The number of hydrogen-bond donors (Lipinski definition) is 1. The molecule has 0 radical (unpaired) electrons. The Bertz CT molecular complexity index is 997. The standard InChI is InChI=1S/C22H22N2O5/c1-3-18(16-7-5-4-6-8-16)23-22(25)21-12-10-17(29-21)14-28-20-11-9-15(2)13-19(20)24(26)27/h4-13,18H,3,14H2,1-2H3,(H,23,25). The first-order valence-electron chi connectivity index (χ1n) is 9.30. The van der Waals surface area contributed by atoms with Gasteiger partial charge in [0.15, 0.2) is 11.5 Å². The van der Waals surface area contributed by atoms with Gasteiger partial charge < -0.3 is 14.5 Å². The molecular weight excluding hydrogens is 372 g/mol. The third-order valence-corrected chi connectivity index (χ3v) is 4.48. The zero-order chi connectivity index (χ0) is 20.8. The normalized spacial score (nSPS) is 11.7. The molecular formula is C22H22N2O5. The molecule has 150 valence electrons. The molecule has 0 fully saturated rings. The maximum Gasteiger partial charge on any atom is 0.311 e. The lowest BCUT2D eigenvalue weighted by atomic mass is 10.0. The van der Waals surface area contributed by atoms with Gasteiger partial charge in [-0.2, -0.15) is 0 Å². The van der Waals surface area contributed by atoms with Crippen molar-refractivity contribution in [3.05, 3.63) is 93.4 Å². The number of nitrogens with zero attached hydrogens (tertiary/aromatic N) is 1. The SMILES string of the molecule is CCC(NC(=O)c1ccc(COc2ccc(C)cc2[N+](=O)[O-])o1)c1ccccc1. The Labute approximate surface area is 168 Å². The molecule has 7 heteroatoms. The van der Waals surface area contributed by atoms with Crippen LogP contribution in [0.2, 0.25) is 0 Å². The highest BCUT2D eigenvalue weighted by Gasteiger charge is 2.18. The second kappa shape index (κ2) is 9.05. The third-order valence-electron chi connectivity index (χ3n) is 4.48. The molecule has 0 bridgehead atoms. The summed E-state index contributed by atoms with van der Waals surface area (Å²) in [5, 5.41) is 14.1. The summed E-state index contributed by atoms with van der Waals surface area (Å²) in [6.07, 6.45) is 0.740. The number of benzene rings is 2. The average Bonchev–Trinajstić information content (AvgIpc) is 3.20. The van der Waals surface area contributed by atoms with Crippen LogP contribution in [-0.2, 0) is 6.61 Å². The van der Waals surface area contributed by atoms with E-state index >= 15 is 0 Å². The van der Waals surface area contributed by atoms with E-state index in [-0.39, 0.29) is 35.8 Å². The maximum atomic E-state index is 12.5. The van der Waals surface area contributed by atoms with E-state index in [1.54, 1.807) is 31.2 Å². The number of rotatable bonds is 8. The van der Waals surface area contributed by atoms with Gasteiger partial charge in [-0.25, -0.2) is 0 Å². The molecule has 1 heterocycles. The number of nitrogens with one attached hydrogen (secondary N) is 1. The van der Waals surface area contributed by atoms with Crippen molar-refractivity contribution in [3.63, 3.8) is 0 Å². The van der Waals surface area contributed by atoms with Gasteiger partial charge in [-0.3, -0.25) is 14.9 Å². The van der Waals surface area contributed by atoms with Gasteiger partial charge in [0.1, 0.15) is 12.4 Å². The number of carbonyl (C=O) groups is 1. The first-order chi connectivity index (χ1) is 14.0. The monoisotopic (exact) mass is 394 g/mol. The highest BCUT2D eigenvalue weighted by atomic mass is 16.6. The lowest BCUT2D eigenvalue weighted by Gasteiger charge is -2.16. The molecule has 0 spiro atoms. The van der Waals surface area contributed by atoms with Crippen LogP contribution in [0.15, 0.2) is 65.1 Å². The Morgan fingerprint density at radius 1 is 1.17 bits per heavy atom. The van der Waals surface area contributed by atoms with E-state index in [4.69, 9.17) is 9.15 Å². The van der Waals surface area contributed by atoms with E-state index in [0.29, 0.717) is 5.76 Å². The molecule has 3 rings (SSSR count). The van der Waals surface area contributed by atoms with Crippen molar-refractivity contribution >= 4 is 11.6 Å². The van der Waals surface area contributed by atoms with Gasteiger partial charge in [-0.1, -0.05) is 43.3 Å². The fourth-order valence-corrected chi connectivity index (χ4v) is 2.95. The van der Waals surface area contributed by atoms with Crippen molar-refractivity contribution in [2.45, 2.75) is 32.9 Å². The van der Waals surface area contributed by atoms with Crippen molar-refractivity contribution in [2.24, 2.45) is 0 Å². The molecule has 2 aromatic carbocycles. The highest BCUT2D eigenvalue weighted by molar-refractivity contribution is 5.91. The van der Waals surface area contributed by atoms with Crippen molar-refractivity contribution in [3.8, 4) is 5.75 Å². The van der Waals surface area contributed by atoms with Gasteiger partial charge in [-0.05, 0) is 42.7 Å². The minimum Gasteiger partial charge on any atom is -0.479 e. The summed E-state index contributed by atoms with van der Waals surface area (Å²) in [5.41, 5.74) is 1.68. The Morgan fingerprint density at radius 2 is 1.93 bits per heavy atom. The third kappa shape index (κ3) is 5.01. The lowest BCUT2D eigenvalue weighted by molar-refractivity contribution is -0.386. The first-order valence-corrected chi connectivity index (χ1v) is 9.30. The van der Waals surface area contributed by atoms with Crippen molar-refractivity contribution < 1.29 is 18.9 Å². The van der Waals surface area contributed by atoms with Gasteiger partial charge in [0.2, 0.25) is 0 Å². The Kier molecular flexibility index (Phi) is 6.29. The molecule has 1 N–H and O–H groups in total. The van der Waals surface area contributed by atoms with Crippen LogP contribution in [0.25, 0.3) is 0 Å². The first kappa shape index (κ1) is 20.1. The van der Waals surface area contributed by atoms with Crippen LogP contribution < -0.4 is 10.1 Å². The topological polar surface area (TPSA) is 94.6 Å². The molecule has 0 aliphatic rings. The maximum absolute atomic E-state index is 12.5. The van der Waals surface area contributed by atoms with Crippen LogP contribution in [0.4, 0.5) is 5.69 Å². The molecule has 0 saturated heterocycles. The van der Waals surface area contributed by atoms with E-state index < -0.39 is 4.92 Å². The van der Waals surface area contributed by atoms with E-state index in [0.717, 1.165) is 17.5 Å². The molecule has 0 aliphatic carbocycles. The van der Waals surface area contributed by atoms with Crippen molar-refractivity contribution in [1.29, 1.82) is 0 Å². The molecule has 7 nitrogen and oxygen atoms in total. The Balaban J connectivity index is 1.65. The number of nitro groups is 1. The van der Waals surface area contributed by atoms with Crippen LogP contribution in [0.3, 0.4) is 0 Å². The van der Waals surface area contributed by atoms with Crippen LogP contribution in [0, 0.1) is 17.0 Å². The number of aryl methyl sites for hydroxylation is 1. The van der Waals surface area contributed by atoms with Crippen LogP contribution in [0.1, 0.15) is 46.8 Å². The summed E-state index contributed by atoms with van der Waals surface area (Å²) in [4.78, 5) is 23.2. The summed E-state index contributed by atoms with van der Waals surface area (Å²) >= 11 is 0. The second-order valence-corrected chi connectivity index (χ2v) is 6.63. The number of carbonyl (C=O) groups excluding carboxylic acids is 1. The summed E-state index contributed by atoms with van der Waals surface area (Å²) < 4.78 is 11.1. The van der Waals surface area contributed by atoms with Gasteiger partial charge in [0.25, 0.3) is 5.91 Å². The number of ether oxygens (including phenoxy) is 1. The van der Waals surface area contributed by atoms with Crippen LogP contribution in [-0.4, -0.2) is 10.8 Å². The zero-order valence-corrected chi connectivity index (χ0v) is 16.3. The average molecular weight is 394 g/mol. The van der Waals surface area contributed by atoms with E-state index in [1.807, 2.05) is 37.3 Å². The zero-order valence-electron chi connectivity index (χ0n) is 16.3. The highest BCUT2D eigenvalue weighted by Crippen LogP contribution is 2.28. The number of amides is 1. The Morgan fingerprint density at radius 3 is 2.62 bits per heavy atom. The summed E-state index contributed by atoms with van der Waals surface area (Å²) in [6.45, 7) is 3.74. The predicted octanol–water partition coefficient (Wildman–Crippen LogP) is 4.96.